The Morgan fingerprint density at radius 1 is 1.04 bits per heavy atom. The first-order chi connectivity index (χ1) is 12.0. The van der Waals surface area contributed by atoms with Crippen LogP contribution in [-0.4, -0.2) is 35.1 Å². The van der Waals surface area contributed by atoms with Gasteiger partial charge in [0.05, 0.1) is 0 Å². The van der Waals surface area contributed by atoms with Crippen molar-refractivity contribution in [2.45, 2.75) is 17.9 Å². The van der Waals surface area contributed by atoms with Crippen LogP contribution in [0.4, 0.5) is 0 Å². The molecule has 0 aliphatic rings. The van der Waals surface area contributed by atoms with E-state index in [-0.39, 0.29) is 5.91 Å². The van der Waals surface area contributed by atoms with Crippen LogP contribution in [0, 0.1) is 6.92 Å². The molecule has 128 valence electrons. The second kappa shape index (κ2) is 7.53. The number of thioether (sulfide) groups is 1. The summed E-state index contributed by atoms with van der Waals surface area (Å²) in [5.74, 6) is 1.22. The van der Waals surface area contributed by atoms with E-state index in [9.17, 15) is 4.79 Å². The van der Waals surface area contributed by atoms with Gasteiger partial charge in [-0.3, -0.25) is 4.79 Å². The third-order valence-corrected chi connectivity index (χ3v) is 4.56. The molecule has 1 aromatic heterocycles. The largest absolute Gasteiger partial charge is 0.411 e. The molecule has 0 aliphatic carbocycles. The molecule has 6 heteroatoms. The Balaban J connectivity index is 1.62. The highest BCUT2D eigenvalue weighted by atomic mass is 32.2. The second-order valence-corrected chi connectivity index (χ2v) is 6.85. The van der Waals surface area contributed by atoms with Crippen molar-refractivity contribution in [1.82, 2.24) is 15.1 Å². The summed E-state index contributed by atoms with van der Waals surface area (Å²) in [6.07, 6.45) is 0. The van der Waals surface area contributed by atoms with Crippen molar-refractivity contribution < 1.29 is 9.21 Å². The summed E-state index contributed by atoms with van der Waals surface area (Å²) in [5.41, 5.74) is 3.87. The molecule has 0 atom stereocenters. The van der Waals surface area contributed by atoms with E-state index in [2.05, 4.69) is 10.2 Å². The molecule has 3 rings (SSSR count). The minimum atomic E-state index is -0.00107. The van der Waals surface area contributed by atoms with Gasteiger partial charge in [0.25, 0.3) is 11.1 Å². The minimum absolute atomic E-state index is 0.00107. The molecule has 2 aromatic carbocycles. The molecule has 1 heterocycles. The number of carbonyl (C=O) groups is 1. The molecule has 0 unspecified atom stereocenters. The maximum absolute atomic E-state index is 11.9. The Labute approximate surface area is 151 Å². The minimum Gasteiger partial charge on any atom is -0.411 e. The van der Waals surface area contributed by atoms with Crippen molar-refractivity contribution in [1.29, 1.82) is 0 Å². The fraction of sp³-hybridized carbons (Fsp3) is 0.211. The average Bonchev–Trinajstić information content (AvgIpc) is 3.09. The summed E-state index contributed by atoms with van der Waals surface area (Å²) < 4.78 is 5.70. The Kier molecular flexibility index (Phi) is 5.19. The fourth-order valence-corrected chi connectivity index (χ4v) is 2.95. The molecule has 0 N–H and O–H groups in total. The SMILES string of the molecule is Cc1ccc(-c2nnc(SCc3ccc(C(=O)N(C)C)cc3)o2)cc1. The highest BCUT2D eigenvalue weighted by Gasteiger charge is 2.10. The van der Waals surface area contributed by atoms with E-state index in [4.69, 9.17) is 4.42 Å². The van der Waals surface area contributed by atoms with Crippen molar-refractivity contribution in [3.8, 4) is 11.5 Å². The number of carbonyl (C=O) groups excluding carboxylic acids is 1. The lowest BCUT2D eigenvalue weighted by atomic mass is 10.1. The standard InChI is InChI=1S/C19H19N3O2S/c1-13-4-8-15(9-5-13)17-20-21-19(24-17)25-12-14-6-10-16(11-7-14)18(23)22(2)3/h4-11H,12H2,1-3H3. The summed E-state index contributed by atoms with van der Waals surface area (Å²) in [5, 5.41) is 8.71. The number of aromatic nitrogens is 2. The number of hydrogen-bond acceptors (Lipinski definition) is 5. The lowest BCUT2D eigenvalue weighted by Crippen LogP contribution is -2.21. The first-order valence-corrected chi connectivity index (χ1v) is 8.85. The van der Waals surface area contributed by atoms with Crippen LogP contribution < -0.4 is 0 Å². The van der Waals surface area contributed by atoms with Crippen LogP contribution >= 0.6 is 11.8 Å². The van der Waals surface area contributed by atoms with Crippen LogP contribution in [0.2, 0.25) is 0 Å². The summed E-state index contributed by atoms with van der Waals surface area (Å²) in [6, 6.07) is 15.5. The Hall–Kier alpha value is -2.60. The molecule has 0 spiro atoms. The van der Waals surface area contributed by atoms with Crippen molar-refractivity contribution in [3.63, 3.8) is 0 Å². The van der Waals surface area contributed by atoms with Gasteiger partial charge in [0, 0.05) is 31.0 Å². The number of amides is 1. The van der Waals surface area contributed by atoms with Crippen LogP contribution in [-0.2, 0) is 5.75 Å². The quantitative estimate of drug-likeness (QED) is 0.648. The van der Waals surface area contributed by atoms with E-state index < -0.39 is 0 Å². The average molecular weight is 353 g/mol. The van der Waals surface area contributed by atoms with E-state index in [1.165, 1.54) is 17.3 Å². The molecule has 0 radical (unpaired) electrons. The fourth-order valence-electron chi connectivity index (χ4n) is 2.23. The first-order valence-electron chi connectivity index (χ1n) is 7.87. The number of nitrogens with zero attached hydrogens (tertiary/aromatic N) is 3. The zero-order chi connectivity index (χ0) is 17.8. The normalized spacial score (nSPS) is 10.7. The zero-order valence-electron chi connectivity index (χ0n) is 14.4. The molecule has 1 amide bonds. The van der Waals surface area contributed by atoms with Crippen LogP contribution in [0.3, 0.4) is 0 Å². The van der Waals surface area contributed by atoms with Crippen LogP contribution in [0.5, 0.6) is 0 Å². The van der Waals surface area contributed by atoms with E-state index in [1.54, 1.807) is 19.0 Å². The molecule has 0 saturated heterocycles. The van der Waals surface area contributed by atoms with Gasteiger partial charge in [-0.05, 0) is 36.8 Å². The van der Waals surface area contributed by atoms with Crippen LogP contribution in [0.25, 0.3) is 11.5 Å². The van der Waals surface area contributed by atoms with Crippen molar-refractivity contribution in [2.24, 2.45) is 0 Å². The molecule has 5 nitrogen and oxygen atoms in total. The molecular weight excluding hydrogens is 334 g/mol. The highest BCUT2D eigenvalue weighted by Crippen LogP contribution is 2.26. The van der Waals surface area contributed by atoms with Gasteiger partial charge in [-0.2, -0.15) is 0 Å². The number of hydrogen-bond donors (Lipinski definition) is 0. The van der Waals surface area contributed by atoms with Gasteiger partial charge in [0.15, 0.2) is 0 Å². The Morgan fingerprint density at radius 2 is 1.72 bits per heavy atom. The van der Waals surface area contributed by atoms with Crippen molar-refractivity contribution >= 4 is 17.7 Å². The third kappa shape index (κ3) is 4.28. The maximum Gasteiger partial charge on any atom is 0.277 e. The third-order valence-electron chi connectivity index (χ3n) is 3.67. The lowest BCUT2D eigenvalue weighted by molar-refractivity contribution is 0.0827. The molecule has 0 saturated carbocycles. The molecular formula is C19H19N3O2S. The van der Waals surface area contributed by atoms with Crippen LogP contribution in [0.15, 0.2) is 58.2 Å². The first kappa shape index (κ1) is 17.2. The van der Waals surface area contributed by atoms with E-state index >= 15 is 0 Å². The molecule has 25 heavy (non-hydrogen) atoms. The Bertz CT molecular complexity index is 855. The van der Waals surface area contributed by atoms with Gasteiger partial charge >= 0.3 is 0 Å². The predicted molar refractivity (Wildman–Crippen MR) is 98.5 cm³/mol. The summed E-state index contributed by atoms with van der Waals surface area (Å²) in [4.78, 5) is 13.4. The van der Waals surface area contributed by atoms with Gasteiger partial charge in [-0.1, -0.05) is 41.6 Å². The zero-order valence-corrected chi connectivity index (χ0v) is 15.2. The second-order valence-electron chi connectivity index (χ2n) is 5.92. The van der Waals surface area contributed by atoms with E-state index in [0.29, 0.717) is 22.4 Å². The Morgan fingerprint density at radius 3 is 2.36 bits per heavy atom. The number of aryl methyl sites for hydroxylation is 1. The molecule has 3 aromatic rings. The summed E-state index contributed by atoms with van der Waals surface area (Å²) in [6.45, 7) is 2.04. The van der Waals surface area contributed by atoms with Crippen LogP contribution in [0.1, 0.15) is 21.5 Å². The van der Waals surface area contributed by atoms with Gasteiger partial charge in [-0.15, -0.1) is 10.2 Å². The van der Waals surface area contributed by atoms with Gasteiger partial charge < -0.3 is 9.32 Å². The van der Waals surface area contributed by atoms with E-state index in [1.807, 2.05) is 55.5 Å². The highest BCUT2D eigenvalue weighted by molar-refractivity contribution is 7.98. The van der Waals surface area contributed by atoms with E-state index in [0.717, 1.165) is 11.1 Å². The number of rotatable bonds is 5. The molecule has 0 bridgehead atoms. The monoisotopic (exact) mass is 353 g/mol. The number of benzene rings is 2. The smallest absolute Gasteiger partial charge is 0.277 e. The summed E-state index contributed by atoms with van der Waals surface area (Å²) in [7, 11) is 3.49. The van der Waals surface area contributed by atoms with Gasteiger partial charge in [0.1, 0.15) is 0 Å². The lowest BCUT2D eigenvalue weighted by Gasteiger charge is -2.10. The van der Waals surface area contributed by atoms with Gasteiger partial charge in [0.2, 0.25) is 5.89 Å². The molecule has 0 aliphatic heterocycles. The summed E-state index contributed by atoms with van der Waals surface area (Å²) >= 11 is 1.48. The topological polar surface area (TPSA) is 59.2 Å². The molecule has 0 fully saturated rings. The van der Waals surface area contributed by atoms with Crippen molar-refractivity contribution in [2.75, 3.05) is 14.1 Å². The predicted octanol–water partition coefficient (Wildman–Crippen LogP) is 4.04. The van der Waals surface area contributed by atoms with Gasteiger partial charge in [-0.25, -0.2) is 0 Å². The maximum atomic E-state index is 11.9. The van der Waals surface area contributed by atoms with Crippen molar-refractivity contribution in [3.05, 3.63) is 65.2 Å².